The molecule has 2 aromatic heterocycles. The Labute approximate surface area is 154 Å². The third-order valence-corrected chi connectivity index (χ3v) is 4.77. The number of aromatic amines is 1. The first kappa shape index (κ1) is 17.5. The van der Waals surface area contributed by atoms with Crippen LogP contribution in [-0.2, 0) is 6.54 Å². The first-order valence-corrected chi connectivity index (χ1v) is 8.76. The van der Waals surface area contributed by atoms with Gasteiger partial charge in [-0.25, -0.2) is 13.8 Å². The third-order valence-electron chi connectivity index (χ3n) is 4.77. The van der Waals surface area contributed by atoms with Gasteiger partial charge < -0.3 is 4.98 Å². The van der Waals surface area contributed by atoms with E-state index in [-0.39, 0.29) is 11.5 Å². The van der Waals surface area contributed by atoms with Crippen LogP contribution < -0.4 is 5.56 Å². The second kappa shape index (κ2) is 7.36. The Morgan fingerprint density at radius 1 is 1.19 bits per heavy atom. The van der Waals surface area contributed by atoms with Crippen molar-refractivity contribution in [2.45, 2.75) is 18.9 Å². The van der Waals surface area contributed by atoms with Crippen molar-refractivity contribution >= 4 is 0 Å². The van der Waals surface area contributed by atoms with E-state index in [1.807, 2.05) is 6.07 Å². The molecule has 1 saturated heterocycles. The maximum atomic E-state index is 13.4. The van der Waals surface area contributed by atoms with Crippen molar-refractivity contribution in [1.82, 2.24) is 19.9 Å². The van der Waals surface area contributed by atoms with Crippen LogP contribution in [0.2, 0.25) is 0 Å². The van der Waals surface area contributed by atoms with Crippen LogP contribution in [-0.4, -0.2) is 32.9 Å². The van der Waals surface area contributed by atoms with Crippen LogP contribution in [0.1, 0.15) is 23.7 Å². The number of H-pyrrole nitrogens is 1. The van der Waals surface area contributed by atoms with Gasteiger partial charge in [0.25, 0.3) is 5.56 Å². The van der Waals surface area contributed by atoms with Crippen LogP contribution in [0.5, 0.6) is 0 Å². The van der Waals surface area contributed by atoms with Crippen LogP contribution in [0.15, 0.2) is 53.6 Å². The first-order chi connectivity index (χ1) is 13.1. The monoisotopic (exact) mass is 368 g/mol. The summed E-state index contributed by atoms with van der Waals surface area (Å²) in [5, 5.41) is 0. The molecule has 4 rings (SSSR count). The second-order valence-corrected chi connectivity index (χ2v) is 6.73. The zero-order valence-electron chi connectivity index (χ0n) is 14.5. The van der Waals surface area contributed by atoms with E-state index in [1.54, 1.807) is 24.5 Å². The molecular formula is C20H18F2N4O. The Balaban J connectivity index is 1.51. The number of nitrogens with one attached hydrogen (secondary N) is 1. The number of benzene rings is 1. The summed E-state index contributed by atoms with van der Waals surface area (Å²) in [5.41, 5.74) is 1.92. The fourth-order valence-electron chi connectivity index (χ4n) is 3.43. The molecule has 138 valence electrons. The van der Waals surface area contributed by atoms with Gasteiger partial charge in [-0.05, 0) is 42.8 Å². The number of halogens is 2. The van der Waals surface area contributed by atoms with E-state index in [2.05, 4.69) is 19.9 Å². The second-order valence-electron chi connectivity index (χ2n) is 6.73. The molecule has 1 aliphatic rings. The average molecular weight is 368 g/mol. The van der Waals surface area contributed by atoms with Crippen molar-refractivity contribution in [1.29, 1.82) is 0 Å². The molecule has 7 heteroatoms. The molecule has 3 aromatic rings. The van der Waals surface area contributed by atoms with E-state index in [0.29, 0.717) is 24.6 Å². The number of rotatable bonds is 4. The van der Waals surface area contributed by atoms with Crippen LogP contribution in [0.3, 0.4) is 0 Å². The Morgan fingerprint density at radius 2 is 2.07 bits per heavy atom. The molecule has 1 N–H and O–H groups in total. The highest BCUT2D eigenvalue weighted by Gasteiger charge is 2.26. The van der Waals surface area contributed by atoms with E-state index >= 15 is 0 Å². The molecule has 0 aliphatic carbocycles. The Bertz CT molecular complexity index is 1010. The van der Waals surface area contributed by atoms with Gasteiger partial charge in [0.1, 0.15) is 5.82 Å². The van der Waals surface area contributed by atoms with Gasteiger partial charge in [0, 0.05) is 43.0 Å². The topological polar surface area (TPSA) is 61.9 Å². The van der Waals surface area contributed by atoms with Gasteiger partial charge in [0.05, 0.1) is 5.69 Å². The minimum atomic E-state index is -0.841. The molecule has 5 nitrogen and oxygen atoms in total. The Morgan fingerprint density at radius 3 is 2.85 bits per heavy atom. The molecule has 0 amide bonds. The highest BCUT2D eigenvalue weighted by molar-refractivity contribution is 5.56. The summed E-state index contributed by atoms with van der Waals surface area (Å²) < 4.78 is 26.5. The van der Waals surface area contributed by atoms with Crippen molar-refractivity contribution < 1.29 is 8.78 Å². The zero-order valence-corrected chi connectivity index (χ0v) is 14.5. The third kappa shape index (κ3) is 3.93. The van der Waals surface area contributed by atoms with Crippen molar-refractivity contribution in [3.63, 3.8) is 0 Å². The summed E-state index contributed by atoms with van der Waals surface area (Å²) in [4.78, 5) is 25.8. The summed E-state index contributed by atoms with van der Waals surface area (Å²) in [6, 6.07) is 9.10. The molecule has 1 aliphatic heterocycles. The van der Waals surface area contributed by atoms with Gasteiger partial charge in [0.15, 0.2) is 11.6 Å². The van der Waals surface area contributed by atoms with Crippen molar-refractivity contribution in [3.05, 3.63) is 82.2 Å². The number of likely N-dealkylation sites (tertiary alicyclic amines) is 1. The minimum Gasteiger partial charge on any atom is -0.310 e. The van der Waals surface area contributed by atoms with Gasteiger partial charge in [-0.2, -0.15) is 0 Å². The molecule has 0 radical (unpaired) electrons. The maximum Gasteiger partial charge on any atom is 0.251 e. The lowest BCUT2D eigenvalue weighted by atomic mass is 10.1. The molecule has 0 bridgehead atoms. The lowest BCUT2D eigenvalue weighted by Crippen LogP contribution is -2.21. The van der Waals surface area contributed by atoms with E-state index in [9.17, 15) is 13.6 Å². The van der Waals surface area contributed by atoms with E-state index in [4.69, 9.17) is 0 Å². The first-order valence-electron chi connectivity index (χ1n) is 8.76. The van der Waals surface area contributed by atoms with E-state index in [1.165, 1.54) is 12.1 Å². The molecule has 3 heterocycles. The molecule has 1 fully saturated rings. The van der Waals surface area contributed by atoms with Crippen LogP contribution in [0, 0.1) is 11.6 Å². The molecule has 0 unspecified atom stereocenters. The number of hydrogen-bond acceptors (Lipinski definition) is 4. The smallest absolute Gasteiger partial charge is 0.251 e. The SMILES string of the molecule is O=c1cc(-c2cccnc2)nc([C@H]2CCN(Cc3ccc(F)c(F)c3)C2)[nH]1. The molecule has 27 heavy (non-hydrogen) atoms. The summed E-state index contributed by atoms with van der Waals surface area (Å²) in [5.74, 6) is -0.945. The predicted octanol–water partition coefficient (Wildman–Crippen LogP) is 3.10. The van der Waals surface area contributed by atoms with E-state index < -0.39 is 11.6 Å². The van der Waals surface area contributed by atoms with Gasteiger partial charge in [-0.1, -0.05) is 6.07 Å². The molecular weight excluding hydrogens is 350 g/mol. The lowest BCUT2D eigenvalue weighted by molar-refractivity contribution is 0.324. The van der Waals surface area contributed by atoms with Crippen molar-refractivity contribution in [2.75, 3.05) is 13.1 Å². The number of nitrogens with zero attached hydrogens (tertiary/aromatic N) is 3. The normalized spacial score (nSPS) is 17.3. The highest BCUT2D eigenvalue weighted by Crippen LogP contribution is 2.27. The van der Waals surface area contributed by atoms with Gasteiger partial charge in [-0.3, -0.25) is 14.7 Å². The maximum absolute atomic E-state index is 13.4. The van der Waals surface area contributed by atoms with Crippen LogP contribution >= 0.6 is 0 Å². The summed E-state index contributed by atoms with van der Waals surface area (Å²) in [7, 11) is 0. The Hall–Kier alpha value is -2.93. The molecule has 1 aromatic carbocycles. The van der Waals surface area contributed by atoms with Gasteiger partial charge in [-0.15, -0.1) is 0 Å². The minimum absolute atomic E-state index is 0.0830. The van der Waals surface area contributed by atoms with Crippen molar-refractivity contribution in [3.8, 4) is 11.3 Å². The standard InChI is InChI=1S/C20H18F2N4O/c21-16-4-3-13(8-17(16)22)11-26-7-5-15(12-26)20-24-18(9-19(27)25-20)14-2-1-6-23-10-14/h1-4,6,8-10,15H,5,7,11-12H2,(H,24,25,27)/t15-/m0/s1. The Kier molecular flexibility index (Phi) is 4.77. The van der Waals surface area contributed by atoms with Gasteiger partial charge >= 0.3 is 0 Å². The summed E-state index contributed by atoms with van der Waals surface area (Å²) >= 11 is 0. The molecule has 1 atom stereocenters. The number of hydrogen-bond donors (Lipinski definition) is 1. The van der Waals surface area contributed by atoms with Gasteiger partial charge in [0.2, 0.25) is 0 Å². The number of aromatic nitrogens is 3. The largest absolute Gasteiger partial charge is 0.310 e. The van der Waals surface area contributed by atoms with E-state index in [0.717, 1.165) is 30.2 Å². The fourth-order valence-corrected chi connectivity index (χ4v) is 3.43. The highest BCUT2D eigenvalue weighted by atomic mass is 19.2. The molecule has 0 saturated carbocycles. The summed E-state index contributed by atoms with van der Waals surface area (Å²) in [6.07, 6.45) is 4.18. The van der Waals surface area contributed by atoms with Crippen LogP contribution in [0.25, 0.3) is 11.3 Å². The lowest BCUT2D eigenvalue weighted by Gasteiger charge is -2.16. The van der Waals surface area contributed by atoms with Crippen LogP contribution in [0.4, 0.5) is 8.78 Å². The predicted molar refractivity (Wildman–Crippen MR) is 97.1 cm³/mol. The van der Waals surface area contributed by atoms with Crippen molar-refractivity contribution in [2.24, 2.45) is 0 Å². The zero-order chi connectivity index (χ0) is 18.8. The fraction of sp³-hybridized carbons (Fsp3) is 0.250. The summed E-state index contributed by atoms with van der Waals surface area (Å²) in [6.45, 7) is 2.02. The average Bonchev–Trinajstić information content (AvgIpc) is 3.13. The quantitative estimate of drug-likeness (QED) is 0.769. The molecule has 0 spiro atoms. The number of pyridine rings is 1.